The smallest absolute Gasteiger partial charge is 0.243 e. The lowest BCUT2D eigenvalue weighted by Crippen LogP contribution is -2.22. The van der Waals surface area contributed by atoms with Crippen molar-refractivity contribution < 1.29 is 4.79 Å². The minimum absolute atomic E-state index is 0.0394. The number of anilines is 2. The first-order valence-electron chi connectivity index (χ1n) is 5.90. The Morgan fingerprint density at radius 1 is 1.05 bits per heavy atom. The minimum atomic E-state index is -0.277. The van der Waals surface area contributed by atoms with Gasteiger partial charge in [-0.15, -0.1) is 0 Å². The lowest BCUT2D eigenvalue weighted by molar-refractivity contribution is -0.114. The van der Waals surface area contributed by atoms with Crippen LogP contribution < -0.4 is 10.6 Å². The molecule has 0 aliphatic rings. The molecule has 2 N–H and O–H groups in total. The van der Waals surface area contributed by atoms with Crippen LogP contribution in [0, 0.1) is 0 Å². The molecule has 0 radical (unpaired) electrons. The first kappa shape index (κ1) is 16.4. The molecule has 2 aromatic rings. The highest BCUT2D eigenvalue weighted by molar-refractivity contribution is 9.10. The highest BCUT2D eigenvalue weighted by Crippen LogP contribution is 2.30. The van der Waals surface area contributed by atoms with Gasteiger partial charge >= 0.3 is 0 Å². The van der Waals surface area contributed by atoms with Crippen LogP contribution in [0.4, 0.5) is 11.4 Å². The molecule has 21 heavy (non-hydrogen) atoms. The Kier molecular flexibility index (Phi) is 5.76. The molecule has 0 aliphatic heterocycles. The summed E-state index contributed by atoms with van der Waals surface area (Å²) >= 11 is 21.4. The van der Waals surface area contributed by atoms with Gasteiger partial charge in [-0.25, -0.2) is 0 Å². The molecule has 0 heterocycles. The van der Waals surface area contributed by atoms with Crippen molar-refractivity contribution in [3.63, 3.8) is 0 Å². The van der Waals surface area contributed by atoms with E-state index in [9.17, 15) is 4.79 Å². The Bertz CT molecular complexity index is 659. The maximum Gasteiger partial charge on any atom is 0.243 e. The van der Waals surface area contributed by atoms with Crippen molar-refractivity contribution in [3.8, 4) is 0 Å². The number of amides is 1. The zero-order valence-electron chi connectivity index (χ0n) is 10.6. The molecule has 0 fully saturated rings. The van der Waals surface area contributed by atoms with Gasteiger partial charge in [0.2, 0.25) is 5.91 Å². The topological polar surface area (TPSA) is 41.1 Å². The van der Waals surface area contributed by atoms with E-state index in [1.807, 2.05) is 6.07 Å². The van der Waals surface area contributed by atoms with Gasteiger partial charge in [-0.3, -0.25) is 4.79 Å². The van der Waals surface area contributed by atoms with Crippen molar-refractivity contribution >= 4 is 68.0 Å². The number of para-hydroxylation sites is 1. The Labute approximate surface area is 145 Å². The van der Waals surface area contributed by atoms with Crippen LogP contribution in [0.3, 0.4) is 0 Å². The molecule has 3 nitrogen and oxygen atoms in total. The molecule has 0 bridgehead atoms. The molecule has 110 valence electrons. The lowest BCUT2D eigenvalue weighted by atomic mass is 10.3. The lowest BCUT2D eigenvalue weighted by Gasteiger charge is -2.11. The van der Waals surface area contributed by atoms with E-state index in [1.54, 1.807) is 30.3 Å². The Morgan fingerprint density at radius 2 is 1.71 bits per heavy atom. The average molecular weight is 409 g/mol. The molecular formula is C14H10BrCl3N2O. The molecule has 0 aromatic heterocycles. The summed E-state index contributed by atoms with van der Waals surface area (Å²) in [5, 5.41) is 6.92. The molecule has 0 aliphatic carbocycles. The van der Waals surface area contributed by atoms with Gasteiger partial charge in [-0.1, -0.05) is 56.8 Å². The molecule has 1 amide bonds. The van der Waals surface area contributed by atoms with E-state index in [0.29, 0.717) is 26.4 Å². The number of carbonyl (C=O) groups excluding carboxylic acids is 1. The van der Waals surface area contributed by atoms with Gasteiger partial charge in [-0.05, 0) is 30.3 Å². The highest BCUT2D eigenvalue weighted by Gasteiger charge is 2.10. The van der Waals surface area contributed by atoms with Crippen LogP contribution in [0.1, 0.15) is 0 Å². The molecule has 0 saturated carbocycles. The van der Waals surface area contributed by atoms with Gasteiger partial charge in [0.25, 0.3) is 0 Å². The molecule has 7 heteroatoms. The molecular weight excluding hydrogens is 398 g/mol. The van der Waals surface area contributed by atoms with Gasteiger partial charge < -0.3 is 10.6 Å². The zero-order chi connectivity index (χ0) is 15.4. The van der Waals surface area contributed by atoms with Gasteiger partial charge in [-0.2, -0.15) is 0 Å². The number of carbonyl (C=O) groups is 1. The van der Waals surface area contributed by atoms with E-state index >= 15 is 0 Å². The highest BCUT2D eigenvalue weighted by atomic mass is 79.9. The number of rotatable bonds is 4. The maximum atomic E-state index is 11.9. The molecule has 0 unspecified atom stereocenters. The largest absolute Gasteiger partial charge is 0.375 e. The van der Waals surface area contributed by atoms with Crippen molar-refractivity contribution in [2.75, 3.05) is 17.2 Å². The fourth-order valence-corrected chi connectivity index (χ4v) is 2.65. The summed E-state index contributed by atoms with van der Waals surface area (Å²) in [6.45, 7) is 0.0394. The monoisotopic (exact) mass is 406 g/mol. The van der Waals surface area contributed by atoms with Crippen molar-refractivity contribution in [2.45, 2.75) is 0 Å². The Hall–Kier alpha value is -0.940. The fraction of sp³-hybridized carbons (Fsp3) is 0.0714. The quantitative estimate of drug-likeness (QED) is 0.705. The third kappa shape index (κ3) is 4.51. The van der Waals surface area contributed by atoms with Crippen LogP contribution in [-0.2, 0) is 4.79 Å². The van der Waals surface area contributed by atoms with Crippen LogP contribution in [-0.4, -0.2) is 12.5 Å². The number of benzene rings is 2. The van der Waals surface area contributed by atoms with E-state index < -0.39 is 0 Å². The first-order chi connectivity index (χ1) is 9.97. The second-order valence-corrected chi connectivity index (χ2v) is 6.26. The molecule has 0 atom stereocenters. The van der Waals surface area contributed by atoms with Gasteiger partial charge in [0.1, 0.15) is 0 Å². The van der Waals surface area contributed by atoms with E-state index in [4.69, 9.17) is 34.8 Å². The normalized spacial score (nSPS) is 10.3. The van der Waals surface area contributed by atoms with E-state index in [2.05, 4.69) is 26.6 Å². The van der Waals surface area contributed by atoms with Crippen LogP contribution in [0.5, 0.6) is 0 Å². The number of nitrogens with one attached hydrogen (secondary N) is 2. The number of hydrogen-bond acceptors (Lipinski definition) is 2. The maximum absolute atomic E-state index is 11.9. The SMILES string of the molecule is O=C(CNc1cc(Br)ccc1Cl)Nc1c(Cl)cccc1Cl. The van der Waals surface area contributed by atoms with Gasteiger partial charge in [0, 0.05) is 4.47 Å². The molecule has 0 saturated heterocycles. The second kappa shape index (κ2) is 7.36. The van der Waals surface area contributed by atoms with E-state index in [1.165, 1.54) is 0 Å². The summed E-state index contributed by atoms with van der Waals surface area (Å²) in [5.41, 5.74) is 1.06. The molecule has 0 spiro atoms. The average Bonchev–Trinajstić information content (AvgIpc) is 2.44. The van der Waals surface area contributed by atoms with Gasteiger partial charge in [0.15, 0.2) is 0 Å². The van der Waals surface area contributed by atoms with Crippen molar-refractivity contribution in [3.05, 3.63) is 55.9 Å². The van der Waals surface area contributed by atoms with Crippen LogP contribution >= 0.6 is 50.7 Å². The van der Waals surface area contributed by atoms with Gasteiger partial charge in [0.05, 0.1) is 33.0 Å². The standard InChI is InChI=1S/C14H10BrCl3N2O/c15-8-4-5-9(16)12(6-8)19-7-13(21)20-14-10(17)2-1-3-11(14)18/h1-6,19H,7H2,(H,20,21). The van der Waals surface area contributed by atoms with Crippen LogP contribution in [0.15, 0.2) is 40.9 Å². The molecule has 2 rings (SSSR count). The molecule has 2 aromatic carbocycles. The Morgan fingerprint density at radius 3 is 2.38 bits per heavy atom. The summed E-state index contributed by atoms with van der Waals surface area (Å²) in [5.74, 6) is -0.277. The predicted molar refractivity (Wildman–Crippen MR) is 92.7 cm³/mol. The summed E-state index contributed by atoms with van der Waals surface area (Å²) in [7, 11) is 0. The summed E-state index contributed by atoms with van der Waals surface area (Å²) < 4.78 is 0.865. The number of hydrogen-bond donors (Lipinski definition) is 2. The summed E-state index contributed by atoms with van der Waals surface area (Å²) in [6, 6.07) is 10.4. The zero-order valence-corrected chi connectivity index (χ0v) is 14.4. The van der Waals surface area contributed by atoms with Crippen molar-refractivity contribution in [2.24, 2.45) is 0 Å². The summed E-state index contributed by atoms with van der Waals surface area (Å²) in [4.78, 5) is 11.9. The fourth-order valence-electron chi connectivity index (χ4n) is 1.61. The van der Waals surface area contributed by atoms with Crippen LogP contribution in [0.2, 0.25) is 15.1 Å². The predicted octanol–water partition coefficient (Wildman–Crippen LogP) is 5.46. The summed E-state index contributed by atoms with van der Waals surface area (Å²) in [6.07, 6.45) is 0. The minimum Gasteiger partial charge on any atom is -0.375 e. The second-order valence-electron chi connectivity index (χ2n) is 4.12. The third-order valence-electron chi connectivity index (χ3n) is 2.59. The number of halogens is 4. The van der Waals surface area contributed by atoms with E-state index in [0.717, 1.165) is 4.47 Å². The van der Waals surface area contributed by atoms with Crippen LogP contribution in [0.25, 0.3) is 0 Å². The third-order valence-corrected chi connectivity index (χ3v) is 4.05. The first-order valence-corrected chi connectivity index (χ1v) is 7.83. The van der Waals surface area contributed by atoms with Crippen molar-refractivity contribution in [1.29, 1.82) is 0 Å². The van der Waals surface area contributed by atoms with E-state index in [-0.39, 0.29) is 12.5 Å². The van der Waals surface area contributed by atoms with Crippen molar-refractivity contribution in [1.82, 2.24) is 0 Å². The Balaban J connectivity index is 2.01.